The first-order valence-electron chi connectivity index (χ1n) is 7.89. The molecule has 0 saturated heterocycles. The molecule has 0 bridgehead atoms. The molecular weight excluding hydrogens is 330 g/mol. The molecule has 0 aliphatic heterocycles. The molecule has 0 saturated carbocycles. The Morgan fingerprint density at radius 1 is 0.920 bits per heavy atom. The topological polar surface area (TPSA) is 39.2 Å². The van der Waals surface area contributed by atoms with E-state index in [4.69, 9.17) is 9.72 Å². The Labute approximate surface area is 149 Å². The van der Waals surface area contributed by atoms with E-state index in [0.29, 0.717) is 5.56 Å². The van der Waals surface area contributed by atoms with E-state index < -0.39 is 0 Å². The van der Waals surface area contributed by atoms with Crippen molar-refractivity contribution in [2.24, 2.45) is 0 Å². The minimum Gasteiger partial charge on any atom is -0.465 e. The average molecular weight is 345 g/mol. The van der Waals surface area contributed by atoms with Gasteiger partial charge < -0.3 is 4.74 Å². The minimum absolute atomic E-state index is 0.332. The van der Waals surface area contributed by atoms with Crippen molar-refractivity contribution in [1.29, 1.82) is 0 Å². The van der Waals surface area contributed by atoms with Crippen molar-refractivity contribution < 1.29 is 9.53 Å². The Bertz CT molecular complexity index is 1010. The summed E-state index contributed by atoms with van der Waals surface area (Å²) in [5, 5.41) is 3.00. The number of rotatable bonds is 3. The van der Waals surface area contributed by atoms with Gasteiger partial charge in [-0.15, -0.1) is 11.3 Å². The number of benzene rings is 1. The molecule has 3 nitrogen and oxygen atoms in total. The van der Waals surface area contributed by atoms with Crippen molar-refractivity contribution in [3.8, 4) is 33.0 Å². The highest BCUT2D eigenvalue weighted by Gasteiger charge is 2.22. The molecule has 1 heterocycles. The lowest BCUT2D eigenvalue weighted by Crippen LogP contribution is -1.99. The van der Waals surface area contributed by atoms with Crippen LogP contribution in [0.5, 0.6) is 0 Å². The van der Waals surface area contributed by atoms with Crippen molar-refractivity contribution in [2.75, 3.05) is 7.11 Å². The fraction of sp³-hybridized carbons (Fsp3) is 0.0476. The maximum Gasteiger partial charge on any atom is 0.338 e. The lowest BCUT2D eigenvalue weighted by molar-refractivity contribution is 0.0602. The Morgan fingerprint density at radius 3 is 2.32 bits per heavy atom. The number of hydrogen-bond donors (Lipinski definition) is 0. The first kappa shape index (κ1) is 15.5. The van der Waals surface area contributed by atoms with Crippen LogP contribution in [0.15, 0.2) is 72.1 Å². The molecule has 0 fully saturated rings. The van der Waals surface area contributed by atoms with Crippen molar-refractivity contribution in [3.05, 3.63) is 77.7 Å². The van der Waals surface area contributed by atoms with Crippen LogP contribution in [0.1, 0.15) is 10.4 Å². The highest BCUT2D eigenvalue weighted by molar-refractivity contribution is 7.13. The van der Waals surface area contributed by atoms with Crippen LogP contribution < -0.4 is 0 Å². The van der Waals surface area contributed by atoms with Crippen LogP contribution in [0.3, 0.4) is 0 Å². The normalized spacial score (nSPS) is 10.8. The molecule has 2 aromatic rings. The summed E-state index contributed by atoms with van der Waals surface area (Å²) in [4.78, 5) is 16.9. The summed E-state index contributed by atoms with van der Waals surface area (Å²) in [7, 11) is 1.40. The summed E-state index contributed by atoms with van der Waals surface area (Å²) in [6.07, 6.45) is 0. The summed E-state index contributed by atoms with van der Waals surface area (Å²) >= 11 is 1.60. The van der Waals surface area contributed by atoms with Gasteiger partial charge in [-0.3, -0.25) is 0 Å². The molecule has 1 aromatic heterocycles. The first-order valence-corrected chi connectivity index (χ1v) is 8.77. The molecule has 122 valence electrons. The average Bonchev–Trinajstić information content (AvgIpc) is 3.20. The third kappa shape index (κ3) is 2.81. The molecule has 2 aliphatic rings. The zero-order valence-electron chi connectivity index (χ0n) is 13.6. The second-order valence-corrected chi connectivity index (χ2v) is 6.46. The molecule has 0 radical (unpaired) electrons. The van der Waals surface area contributed by atoms with E-state index in [2.05, 4.69) is 0 Å². The molecule has 0 amide bonds. The van der Waals surface area contributed by atoms with Crippen molar-refractivity contribution in [2.45, 2.75) is 0 Å². The molecule has 2 aliphatic carbocycles. The lowest BCUT2D eigenvalue weighted by atomic mass is 10.1. The zero-order valence-corrected chi connectivity index (χ0v) is 14.4. The highest BCUT2D eigenvalue weighted by atomic mass is 32.1. The van der Waals surface area contributed by atoms with Crippen LogP contribution in [-0.2, 0) is 4.74 Å². The van der Waals surface area contributed by atoms with E-state index in [-0.39, 0.29) is 5.97 Å². The second-order valence-electron chi connectivity index (χ2n) is 5.61. The van der Waals surface area contributed by atoms with Crippen LogP contribution in [0, 0.1) is 0 Å². The Hall–Kier alpha value is -2.98. The molecule has 0 atom stereocenters. The van der Waals surface area contributed by atoms with Crippen LogP contribution in [-0.4, -0.2) is 18.1 Å². The largest absolute Gasteiger partial charge is 0.465 e. The zero-order chi connectivity index (χ0) is 17.2. The fourth-order valence-corrected chi connectivity index (χ4v) is 3.74. The number of aromatic nitrogens is 1. The van der Waals surface area contributed by atoms with Gasteiger partial charge in [-0.1, -0.05) is 60.7 Å². The summed E-state index contributed by atoms with van der Waals surface area (Å²) in [6.45, 7) is 0. The van der Waals surface area contributed by atoms with E-state index in [0.717, 1.165) is 33.0 Å². The number of thiazole rings is 1. The quantitative estimate of drug-likeness (QED) is 0.469. The van der Waals surface area contributed by atoms with E-state index in [1.165, 1.54) is 7.11 Å². The smallest absolute Gasteiger partial charge is 0.338 e. The molecular formula is C21H15NO2S. The molecule has 0 spiro atoms. The Kier molecular flexibility index (Phi) is 4.04. The molecule has 0 N–H and O–H groups in total. The van der Waals surface area contributed by atoms with Crippen LogP contribution in [0.4, 0.5) is 0 Å². The van der Waals surface area contributed by atoms with Gasteiger partial charge in [-0.05, 0) is 17.2 Å². The number of methoxy groups -OCH3 is 1. The minimum atomic E-state index is -0.332. The van der Waals surface area contributed by atoms with Crippen molar-refractivity contribution >= 4 is 17.3 Å². The number of fused-ring (bicyclic) bond motifs is 1. The number of hydrogen-bond acceptors (Lipinski definition) is 4. The van der Waals surface area contributed by atoms with Gasteiger partial charge in [0.1, 0.15) is 5.01 Å². The van der Waals surface area contributed by atoms with Gasteiger partial charge in [0.25, 0.3) is 0 Å². The van der Waals surface area contributed by atoms with E-state index in [1.807, 2.05) is 72.1 Å². The molecule has 4 rings (SSSR count). The number of carbonyl (C=O) groups excluding carboxylic acids is 1. The number of ether oxygens (including phenoxy) is 1. The summed E-state index contributed by atoms with van der Waals surface area (Å²) in [5.74, 6) is -0.332. The van der Waals surface area contributed by atoms with Crippen LogP contribution in [0.25, 0.3) is 33.0 Å². The van der Waals surface area contributed by atoms with Gasteiger partial charge in [0.15, 0.2) is 0 Å². The van der Waals surface area contributed by atoms with Crippen LogP contribution >= 0.6 is 11.3 Å². The number of nitrogens with zero attached hydrogens (tertiary/aromatic N) is 1. The van der Waals surface area contributed by atoms with E-state index in [1.54, 1.807) is 11.3 Å². The Balaban J connectivity index is 1.85. The third-order valence-electron chi connectivity index (χ3n) is 4.11. The van der Waals surface area contributed by atoms with Gasteiger partial charge in [0, 0.05) is 16.5 Å². The maximum atomic E-state index is 12.2. The SMILES string of the molecule is COC(=O)c1cc(-c2csc(-c3ccccc3)n2)c2cccccc1-2. The number of carbonyl (C=O) groups is 1. The Morgan fingerprint density at radius 2 is 1.60 bits per heavy atom. The summed E-state index contributed by atoms with van der Waals surface area (Å²) < 4.78 is 4.94. The van der Waals surface area contributed by atoms with Gasteiger partial charge in [-0.25, -0.2) is 9.78 Å². The van der Waals surface area contributed by atoms with Crippen molar-refractivity contribution in [1.82, 2.24) is 4.98 Å². The fourth-order valence-electron chi connectivity index (χ4n) is 2.92. The van der Waals surface area contributed by atoms with Gasteiger partial charge >= 0.3 is 5.97 Å². The lowest BCUT2D eigenvalue weighted by Gasteiger charge is -2.00. The van der Waals surface area contributed by atoms with E-state index >= 15 is 0 Å². The number of esters is 1. The van der Waals surface area contributed by atoms with Gasteiger partial charge in [-0.2, -0.15) is 0 Å². The van der Waals surface area contributed by atoms with Gasteiger partial charge in [0.2, 0.25) is 0 Å². The predicted molar refractivity (Wildman–Crippen MR) is 101 cm³/mol. The monoisotopic (exact) mass is 345 g/mol. The maximum absolute atomic E-state index is 12.2. The standard InChI is InChI=1S/C21H15NO2S/c1-24-21(23)18-12-17(15-10-6-3-7-11-16(15)18)19-13-25-20(22-19)14-8-4-2-5-9-14/h2-13H,1H3. The molecule has 25 heavy (non-hydrogen) atoms. The molecule has 0 unspecified atom stereocenters. The summed E-state index contributed by atoms with van der Waals surface area (Å²) in [5.41, 5.74) is 5.35. The van der Waals surface area contributed by atoms with Crippen LogP contribution in [0.2, 0.25) is 0 Å². The molecule has 1 aromatic carbocycles. The predicted octanol–water partition coefficient (Wildman–Crippen LogP) is 5.37. The molecule has 4 heteroatoms. The van der Waals surface area contributed by atoms with Crippen molar-refractivity contribution in [3.63, 3.8) is 0 Å². The second kappa shape index (κ2) is 6.49. The highest BCUT2D eigenvalue weighted by Crippen LogP contribution is 2.40. The summed E-state index contributed by atoms with van der Waals surface area (Å²) in [6, 6.07) is 21.8. The third-order valence-corrected chi connectivity index (χ3v) is 5.00. The first-order chi connectivity index (χ1) is 12.3. The van der Waals surface area contributed by atoms with Gasteiger partial charge in [0.05, 0.1) is 18.4 Å². The van der Waals surface area contributed by atoms with E-state index in [9.17, 15) is 4.79 Å².